The van der Waals surface area contributed by atoms with E-state index >= 15 is 0 Å². The lowest BCUT2D eigenvalue weighted by molar-refractivity contribution is 0.580. The van der Waals surface area contributed by atoms with Gasteiger partial charge in [-0.2, -0.15) is 5.10 Å². The van der Waals surface area contributed by atoms with Gasteiger partial charge in [-0.05, 0) is 55.5 Å². The number of sulfonamides is 1. The lowest BCUT2D eigenvalue weighted by Gasteiger charge is -2.11. The Balaban J connectivity index is 1.77. The molecular formula is C23H17BrCl3N3O2S. The van der Waals surface area contributed by atoms with Crippen molar-refractivity contribution in [3.63, 3.8) is 0 Å². The third-order valence-electron chi connectivity index (χ3n) is 5.01. The van der Waals surface area contributed by atoms with Crippen LogP contribution in [0.25, 0.3) is 16.9 Å². The van der Waals surface area contributed by atoms with E-state index in [1.165, 1.54) is 12.1 Å². The van der Waals surface area contributed by atoms with Crippen molar-refractivity contribution in [2.45, 2.75) is 18.4 Å². The van der Waals surface area contributed by atoms with Crippen LogP contribution in [0.3, 0.4) is 0 Å². The van der Waals surface area contributed by atoms with Gasteiger partial charge < -0.3 is 0 Å². The van der Waals surface area contributed by atoms with Crippen LogP contribution in [0.2, 0.25) is 15.1 Å². The standard InChI is InChI=1S/C23H17BrCl3N3O2S/c1-14-21(13-28-33(31,32)19-4-2-3-17(25)11-19)29-30(22-10-9-18(26)12-20(22)27)23(14)15-5-7-16(24)8-6-15/h2-12,28H,13H2,1H3. The molecule has 1 N–H and O–H groups in total. The molecule has 4 rings (SSSR count). The molecule has 0 bridgehead atoms. The summed E-state index contributed by atoms with van der Waals surface area (Å²) in [4.78, 5) is 0.0842. The average molecular weight is 586 g/mol. The van der Waals surface area contributed by atoms with Gasteiger partial charge in [0.1, 0.15) is 0 Å². The third kappa shape index (κ3) is 5.29. The zero-order valence-corrected chi connectivity index (χ0v) is 21.9. The van der Waals surface area contributed by atoms with Crippen molar-refractivity contribution < 1.29 is 8.42 Å². The first kappa shape index (κ1) is 24.3. The van der Waals surface area contributed by atoms with Gasteiger partial charge in [-0.1, -0.05) is 68.9 Å². The quantitative estimate of drug-likeness (QED) is 0.264. The molecule has 0 amide bonds. The molecule has 0 radical (unpaired) electrons. The van der Waals surface area contributed by atoms with Crippen molar-refractivity contribution in [3.8, 4) is 16.9 Å². The van der Waals surface area contributed by atoms with Crippen LogP contribution in [-0.4, -0.2) is 18.2 Å². The highest BCUT2D eigenvalue weighted by molar-refractivity contribution is 9.10. The van der Waals surface area contributed by atoms with Crippen LogP contribution < -0.4 is 4.72 Å². The molecule has 0 unspecified atom stereocenters. The molecule has 0 atom stereocenters. The van der Waals surface area contributed by atoms with Crippen LogP contribution in [0, 0.1) is 6.92 Å². The predicted molar refractivity (Wildman–Crippen MR) is 137 cm³/mol. The molecule has 0 aliphatic heterocycles. The Morgan fingerprint density at radius 2 is 1.67 bits per heavy atom. The summed E-state index contributed by atoms with van der Waals surface area (Å²) in [7, 11) is -3.78. The maximum atomic E-state index is 12.8. The number of nitrogens with zero attached hydrogens (tertiary/aromatic N) is 2. The number of aromatic nitrogens is 2. The van der Waals surface area contributed by atoms with Gasteiger partial charge in [-0.3, -0.25) is 0 Å². The molecule has 3 aromatic carbocycles. The van der Waals surface area contributed by atoms with Gasteiger partial charge in [0.15, 0.2) is 0 Å². The van der Waals surface area contributed by atoms with Crippen molar-refractivity contribution in [1.82, 2.24) is 14.5 Å². The predicted octanol–water partition coefficient (Wildman–Crippen LogP) is 7.05. The third-order valence-corrected chi connectivity index (χ3v) is 7.71. The monoisotopic (exact) mass is 583 g/mol. The fraction of sp³-hybridized carbons (Fsp3) is 0.0870. The van der Waals surface area contributed by atoms with Gasteiger partial charge in [-0.25, -0.2) is 17.8 Å². The van der Waals surface area contributed by atoms with E-state index in [1.54, 1.807) is 35.0 Å². The second-order valence-electron chi connectivity index (χ2n) is 7.22. The number of hydrogen-bond acceptors (Lipinski definition) is 3. The van der Waals surface area contributed by atoms with Crippen molar-refractivity contribution >= 4 is 60.8 Å². The Hall–Kier alpha value is -1.87. The molecule has 0 aliphatic carbocycles. The topological polar surface area (TPSA) is 64.0 Å². The van der Waals surface area contributed by atoms with E-state index in [-0.39, 0.29) is 11.4 Å². The molecule has 0 saturated heterocycles. The minimum Gasteiger partial charge on any atom is -0.231 e. The maximum Gasteiger partial charge on any atom is 0.240 e. The van der Waals surface area contributed by atoms with Gasteiger partial charge in [0.05, 0.1) is 33.5 Å². The summed E-state index contributed by atoms with van der Waals surface area (Å²) in [5, 5.41) is 5.98. The summed E-state index contributed by atoms with van der Waals surface area (Å²) in [6, 6.07) is 19.0. The minimum absolute atomic E-state index is 0.0115. The van der Waals surface area contributed by atoms with Gasteiger partial charge >= 0.3 is 0 Å². The second kappa shape index (κ2) is 9.78. The zero-order valence-electron chi connectivity index (χ0n) is 17.2. The Bertz CT molecular complexity index is 1440. The van der Waals surface area contributed by atoms with Gasteiger partial charge in [0.25, 0.3) is 0 Å². The smallest absolute Gasteiger partial charge is 0.231 e. The normalized spacial score (nSPS) is 11.7. The Morgan fingerprint density at radius 3 is 2.33 bits per heavy atom. The molecule has 33 heavy (non-hydrogen) atoms. The first-order chi connectivity index (χ1) is 15.7. The fourth-order valence-electron chi connectivity index (χ4n) is 3.36. The molecule has 0 fully saturated rings. The molecule has 10 heteroatoms. The Kier molecular flexibility index (Phi) is 7.19. The fourth-order valence-corrected chi connectivity index (χ4v) is 5.41. The summed E-state index contributed by atoms with van der Waals surface area (Å²) in [5.74, 6) is 0. The highest BCUT2D eigenvalue weighted by Crippen LogP contribution is 2.33. The van der Waals surface area contributed by atoms with Crippen LogP contribution in [0.5, 0.6) is 0 Å². The molecule has 0 aliphatic rings. The van der Waals surface area contributed by atoms with E-state index in [9.17, 15) is 8.42 Å². The highest BCUT2D eigenvalue weighted by Gasteiger charge is 2.21. The van der Waals surface area contributed by atoms with Gasteiger partial charge in [-0.15, -0.1) is 0 Å². The van der Waals surface area contributed by atoms with Gasteiger partial charge in [0, 0.05) is 25.6 Å². The maximum absolute atomic E-state index is 12.8. The number of nitrogens with one attached hydrogen (secondary N) is 1. The van der Waals surface area contributed by atoms with Crippen LogP contribution >= 0.6 is 50.7 Å². The lowest BCUT2D eigenvalue weighted by Crippen LogP contribution is -2.23. The summed E-state index contributed by atoms with van der Waals surface area (Å²) >= 11 is 22.0. The van der Waals surface area contributed by atoms with Crippen molar-refractivity contribution in [2.24, 2.45) is 0 Å². The lowest BCUT2D eigenvalue weighted by atomic mass is 10.1. The molecule has 5 nitrogen and oxygen atoms in total. The minimum atomic E-state index is -3.78. The van der Waals surface area contributed by atoms with Crippen LogP contribution in [0.4, 0.5) is 0 Å². The largest absolute Gasteiger partial charge is 0.240 e. The second-order valence-corrected chi connectivity index (χ2v) is 11.2. The number of hydrogen-bond donors (Lipinski definition) is 1. The molecule has 0 saturated carbocycles. The van der Waals surface area contributed by atoms with Crippen molar-refractivity contribution in [3.05, 3.63) is 97.5 Å². The van der Waals surface area contributed by atoms with Crippen molar-refractivity contribution in [1.29, 1.82) is 0 Å². The van der Waals surface area contributed by atoms with Crippen LogP contribution in [0.1, 0.15) is 11.3 Å². The number of benzene rings is 3. The molecule has 4 aromatic rings. The molecule has 1 aromatic heterocycles. The summed E-state index contributed by atoms with van der Waals surface area (Å²) < 4.78 is 30.8. The SMILES string of the molecule is Cc1c(CNS(=O)(=O)c2cccc(Cl)c2)nn(-c2ccc(Cl)cc2Cl)c1-c1ccc(Br)cc1. The zero-order chi connectivity index (χ0) is 23.8. The summed E-state index contributed by atoms with van der Waals surface area (Å²) in [6.07, 6.45) is 0. The Morgan fingerprint density at radius 1 is 0.970 bits per heavy atom. The van der Waals surface area contributed by atoms with E-state index in [2.05, 4.69) is 20.7 Å². The molecule has 170 valence electrons. The van der Waals surface area contributed by atoms with Gasteiger partial charge in [0.2, 0.25) is 10.0 Å². The van der Waals surface area contributed by atoms with Crippen LogP contribution in [0.15, 0.2) is 76.1 Å². The van der Waals surface area contributed by atoms with E-state index in [1.807, 2.05) is 31.2 Å². The average Bonchev–Trinajstić information content (AvgIpc) is 3.09. The molecule has 0 spiro atoms. The highest BCUT2D eigenvalue weighted by atomic mass is 79.9. The first-order valence-electron chi connectivity index (χ1n) is 9.71. The number of halogens is 4. The van der Waals surface area contributed by atoms with E-state index < -0.39 is 10.0 Å². The molecular weight excluding hydrogens is 569 g/mol. The number of rotatable bonds is 6. The van der Waals surface area contributed by atoms with Crippen LogP contribution in [-0.2, 0) is 16.6 Å². The first-order valence-corrected chi connectivity index (χ1v) is 13.1. The van der Waals surface area contributed by atoms with Crippen molar-refractivity contribution in [2.75, 3.05) is 0 Å². The summed E-state index contributed by atoms with van der Waals surface area (Å²) in [6.45, 7) is 1.89. The molecule has 1 heterocycles. The van der Waals surface area contributed by atoms with E-state index in [4.69, 9.17) is 39.9 Å². The van der Waals surface area contributed by atoms with E-state index in [0.717, 1.165) is 21.3 Å². The van der Waals surface area contributed by atoms with E-state index in [0.29, 0.717) is 26.4 Å². The summed E-state index contributed by atoms with van der Waals surface area (Å²) in [5.41, 5.74) is 3.70. The Labute approximate surface area is 215 Å².